The molecule has 1 aromatic heterocycles. The molecule has 0 N–H and O–H groups in total. The van der Waals surface area contributed by atoms with Crippen molar-refractivity contribution in [2.24, 2.45) is 0 Å². The van der Waals surface area contributed by atoms with E-state index in [9.17, 15) is 4.79 Å². The van der Waals surface area contributed by atoms with Crippen LogP contribution in [0.1, 0.15) is 34.5 Å². The monoisotopic (exact) mass is 433 g/mol. The summed E-state index contributed by atoms with van der Waals surface area (Å²) in [7, 11) is 5.61. The predicted octanol–water partition coefficient (Wildman–Crippen LogP) is 3.67. The maximum Gasteiger partial charge on any atom is 0.253 e. The highest BCUT2D eigenvalue weighted by Gasteiger charge is 2.22. The molecule has 1 saturated heterocycles. The molecule has 1 unspecified atom stereocenters. The smallest absolute Gasteiger partial charge is 0.253 e. The summed E-state index contributed by atoms with van der Waals surface area (Å²) in [6.45, 7) is 7.21. The normalized spacial score (nSPS) is 15.0. The first-order valence-electron chi connectivity index (χ1n) is 11.0. The third-order valence-corrected chi connectivity index (χ3v) is 6.09. The van der Waals surface area contributed by atoms with Crippen molar-refractivity contribution in [1.82, 2.24) is 14.9 Å². The number of anilines is 2. The summed E-state index contributed by atoms with van der Waals surface area (Å²) >= 11 is 0. The zero-order chi connectivity index (χ0) is 22.8. The van der Waals surface area contributed by atoms with E-state index in [1.54, 1.807) is 25.2 Å². The summed E-state index contributed by atoms with van der Waals surface area (Å²) in [5, 5.41) is 0. The van der Waals surface area contributed by atoms with Crippen LogP contribution in [0.5, 0.6) is 0 Å². The Morgan fingerprint density at radius 3 is 2.56 bits per heavy atom. The molecule has 1 aliphatic heterocycles. The molecule has 1 fully saturated rings. The van der Waals surface area contributed by atoms with Gasteiger partial charge in [-0.3, -0.25) is 9.78 Å². The average Bonchev–Trinajstić information content (AvgIpc) is 2.82. The first kappa shape index (κ1) is 22.0. The van der Waals surface area contributed by atoms with Gasteiger partial charge in [0.05, 0.1) is 36.5 Å². The number of hydrogen-bond acceptors (Lipinski definition) is 6. The summed E-state index contributed by atoms with van der Waals surface area (Å²) in [5.41, 5.74) is 5.49. The molecule has 3 aromatic rings. The van der Waals surface area contributed by atoms with Crippen LogP contribution in [0.2, 0.25) is 0 Å². The maximum absolute atomic E-state index is 12.8. The van der Waals surface area contributed by atoms with Crippen LogP contribution in [0.4, 0.5) is 11.5 Å². The Balaban J connectivity index is 1.83. The highest BCUT2D eigenvalue weighted by Crippen LogP contribution is 2.32. The van der Waals surface area contributed by atoms with Crippen LogP contribution >= 0.6 is 0 Å². The van der Waals surface area contributed by atoms with Crippen LogP contribution in [-0.4, -0.2) is 68.2 Å². The van der Waals surface area contributed by atoms with E-state index < -0.39 is 0 Å². The SMILES string of the molecule is Cc1cccc(N(C)C(C)c2cc(C(=O)N(C)C)cc3ncc(N4CCOCC4)nc23)c1. The quantitative estimate of drug-likeness (QED) is 0.612. The fraction of sp³-hybridized carbons (Fsp3) is 0.400. The molecule has 7 nitrogen and oxygen atoms in total. The zero-order valence-electron chi connectivity index (χ0n) is 19.5. The van der Waals surface area contributed by atoms with E-state index in [4.69, 9.17) is 14.7 Å². The van der Waals surface area contributed by atoms with Crippen molar-refractivity contribution in [3.63, 3.8) is 0 Å². The summed E-state index contributed by atoms with van der Waals surface area (Å²) in [5.74, 6) is 0.803. The third kappa shape index (κ3) is 4.39. The second kappa shape index (κ2) is 9.12. The van der Waals surface area contributed by atoms with Gasteiger partial charge in [-0.25, -0.2) is 4.98 Å². The number of fused-ring (bicyclic) bond motifs is 1. The van der Waals surface area contributed by atoms with E-state index in [1.165, 1.54) is 5.56 Å². The Labute approximate surface area is 189 Å². The lowest BCUT2D eigenvalue weighted by Crippen LogP contribution is -2.36. The number of carbonyl (C=O) groups is 1. The lowest BCUT2D eigenvalue weighted by Gasteiger charge is -2.30. The lowest BCUT2D eigenvalue weighted by molar-refractivity contribution is 0.0827. The van der Waals surface area contributed by atoms with Gasteiger partial charge in [0.15, 0.2) is 0 Å². The number of amides is 1. The Bertz CT molecular complexity index is 1120. The highest BCUT2D eigenvalue weighted by atomic mass is 16.5. The van der Waals surface area contributed by atoms with Crippen LogP contribution < -0.4 is 9.80 Å². The minimum atomic E-state index is -0.0439. The molecule has 0 saturated carbocycles. The Hall–Kier alpha value is -3.19. The molecule has 1 atom stereocenters. The van der Waals surface area contributed by atoms with Crippen LogP contribution in [0, 0.1) is 6.92 Å². The van der Waals surface area contributed by atoms with Gasteiger partial charge in [0, 0.05) is 51.0 Å². The van der Waals surface area contributed by atoms with Crippen molar-refractivity contribution < 1.29 is 9.53 Å². The number of rotatable bonds is 5. The topological polar surface area (TPSA) is 61.8 Å². The van der Waals surface area contributed by atoms with Gasteiger partial charge < -0.3 is 19.4 Å². The number of nitrogens with zero attached hydrogens (tertiary/aromatic N) is 5. The fourth-order valence-electron chi connectivity index (χ4n) is 4.06. The molecule has 32 heavy (non-hydrogen) atoms. The van der Waals surface area contributed by atoms with E-state index >= 15 is 0 Å². The van der Waals surface area contributed by atoms with Gasteiger partial charge in [-0.2, -0.15) is 0 Å². The number of aromatic nitrogens is 2. The first-order chi connectivity index (χ1) is 15.3. The van der Waals surface area contributed by atoms with Crippen molar-refractivity contribution in [1.29, 1.82) is 0 Å². The van der Waals surface area contributed by atoms with E-state index in [1.807, 2.05) is 12.1 Å². The lowest BCUT2D eigenvalue weighted by atomic mass is 10.00. The van der Waals surface area contributed by atoms with Crippen LogP contribution in [0.25, 0.3) is 11.0 Å². The number of ether oxygens (including phenoxy) is 1. The molecular formula is C25H31N5O2. The van der Waals surface area contributed by atoms with Crippen molar-refractivity contribution in [3.8, 4) is 0 Å². The Morgan fingerprint density at radius 1 is 1.12 bits per heavy atom. The molecule has 4 rings (SSSR count). The molecule has 1 aliphatic rings. The molecule has 0 radical (unpaired) electrons. The van der Waals surface area contributed by atoms with Gasteiger partial charge in [-0.1, -0.05) is 12.1 Å². The van der Waals surface area contributed by atoms with Crippen molar-refractivity contribution in [3.05, 3.63) is 59.3 Å². The molecule has 2 heterocycles. The van der Waals surface area contributed by atoms with E-state index in [0.29, 0.717) is 18.8 Å². The molecule has 168 valence electrons. The largest absolute Gasteiger partial charge is 0.378 e. The Morgan fingerprint density at radius 2 is 1.88 bits per heavy atom. The molecule has 0 aliphatic carbocycles. The van der Waals surface area contributed by atoms with Crippen molar-refractivity contribution in [2.45, 2.75) is 19.9 Å². The van der Waals surface area contributed by atoms with Gasteiger partial charge in [0.2, 0.25) is 0 Å². The van der Waals surface area contributed by atoms with Gasteiger partial charge in [-0.05, 0) is 43.7 Å². The van der Waals surface area contributed by atoms with Crippen molar-refractivity contribution >= 4 is 28.4 Å². The van der Waals surface area contributed by atoms with Gasteiger partial charge in [0.25, 0.3) is 5.91 Å². The minimum absolute atomic E-state index is 0.0107. The number of carbonyl (C=O) groups excluding carboxylic acids is 1. The minimum Gasteiger partial charge on any atom is -0.378 e. The van der Waals surface area contributed by atoms with Gasteiger partial charge >= 0.3 is 0 Å². The summed E-state index contributed by atoms with van der Waals surface area (Å²) < 4.78 is 5.49. The standard InChI is InChI=1S/C25H31N5O2/c1-17-7-6-8-20(13-17)29(5)18(2)21-14-19(25(31)28(3)4)15-22-24(21)27-23(16-26-22)30-9-11-32-12-10-30/h6-8,13-16,18H,9-12H2,1-5H3. The summed E-state index contributed by atoms with van der Waals surface area (Å²) in [6.07, 6.45) is 1.80. The molecule has 0 bridgehead atoms. The number of hydrogen-bond donors (Lipinski definition) is 0. The average molecular weight is 434 g/mol. The second-order valence-electron chi connectivity index (χ2n) is 8.59. The van der Waals surface area contributed by atoms with Crippen LogP contribution in [0.3, 0.4) is 0 Å². The molecule has 2 aromatic carbocycles. The van der Waals surface area contributed by atoms with Crippen molar-refractivity contribution in [2.75, 3.05) is 57.2 Å². The fourth-order valence-corrected chi connectivity index (χ4v) is 4.06. The van der Waals surface area contributed by atoms with Gasteiger partial charge in [-0.15, -0.1) is 0 Å². The summed E-state index contributed by atoms with van der Waals surface area (Å²) in [6, 6.07) is 12.2. The molecule has 0 spiro atoms. The highest BCUT2D eigenvalue weighted by molar-refractivity contribution is 5.98. The summed E-state index contributed by atoms with van der Waals surface area (Å²) in [4.78, 5) is 28.5. The molecule has 1 amide bonds. The Kier molecular flexibility index (Phi) is 6.28. The third-order valence-electron chi connectivity index (χ3n) is 6.09. The van der Waals surface area contributed by atoms with E-state index in [0.717, 1.165) is 41.2 Å². The van der Waals surface area contributed by atoms with Crippen LogP contribution in [0.15, 0.2) is 42.6 Å². The number of morpholine rings is 1. The molecule has 7 heteroatoms. The van der Waals surface area contributed by atoms with E-state index in [-0.39, 0.29) is 11.9 Å². The number of aryl methyl sites for hydroxylation is 1. The predicted molar refractivity (Wildman–Crippen MR) is 129 cm³/mol. The zero-order valence-corrected chi connectivity index (χ0v) is 19.5. The van der Waals surface area contributed by atoms with Crippen LogP contribution in [-0.2, 0) is 4.74 Å². The van der Waals surface area contributed by atoms with Gasteiger partial charge in [0.1, 0.15) is 5.82 Å². The van der Waals surface area contributed by atoms with E-state index in [2.05, 4.69) is 55.0 Å². The molecular weight excluding hydrogens is 402 g/mol. The first-order valence-corrected chi connectivity index (χ1v) is 11.0. The maximum atomic E-state index is 12.8. The number of benzene rings is 2. The second-order valence-corrected chi connectivity index (χ2v) is 8.59.